The van der Waals surface area contributed by atoms with Crippen molar-refractivity contribution in [3.05, 3.63) is 0 Å². The zero-order valence-electron chi connectivity index (χ0n) is 2.07. The van der Waals surface area contributed by atoms with Crippen LogP contribution >= 0.6 is 8.69 Å². The van der Waals surface area contributed by atoms with E-state index in [0.29, 0.717) is 0 Å². The first kappa shape index (κ1) is 15.7. The van der Waals surface area contributed by atoms with Crippen LogP contribution in [0.5, 0.6) is 0 Å². The average molecular weight is 164 g/mol. The first-order valence-corrected chi connectivity index (χ1v) is 1.71. The molecule has 0 fully saturated rings. The van der Waals surface area contributed by atoms with Gasteiger partial charge in [0, 0.05) is 17.1 Å². The summed E-state index contributed by atoms with van der Waals surface area (Å²) in [4.78, 5) is 14.0. The van der Waals surface area contributed by atoms with Crippen molar-refractivity contribution in [3.8, 4) is 0 Å². The van der Waals surface area contributed by atoms with Gasteiger partial charge in [-0.05, 0) is 0 Å². The van der Waals surface area contributed by atoms with Crippen molar-refractivity contribution in [2.24, 2.45) is 0 Å². The van der Waals surface area contributed by atoms with Gasteiger partial charge in [-0.3, -0.25) is 0 Å². The molecule has 0 bridgehead atoms. The fourth-order valence-corrected chi connectivity index (χ4v) is 0. The summed E-state index contributed by atoms with van der Waals surface area (Å²) in [6.45, 7) is 0. The van der Waals surface area contributed by atoms with E-state index >= 15 is 0 Å². The third-order valence-electron chi connectivity index (χ3n) is 0. The van der Waals surface area contributed by atoms with Gasteiger partial charge in [0.25, 0.3) is 0 Å². The molecule has 0 heterocycles. The van der Waals surface area contributed by atoms with E-state index < -0.39 is 8.69 Å². The van der Waals surface area contributed by atoms with Gasteiger partial charge in [-0.1, -0.05) is 0 Å². The van der Waals surface area contributed by atoms with Gasteiger partial charge in [0.1, 0.15) is 0 Å². The van der Waals surface area contributed by atoms with Crippen LogP contribution in [0.3, 0.4) is 0 Å². The van der Waals surface area contributed by atoms with Crippen LogP contribution in [0.15, 0.2) is 0 Å². The van der Waals surface area contributed by atoms with Crippen molar-refractivity contribution in [2.75, 3.05) is 0 Å². The van der Waals surface area contributed by atoms with Crippen molar-refractivity contribution in [1.82, 2.24) is 0 Å². The fourth-order valence-electron chi connectivity index (χ4n) is 0. The molecule has 2 N–H and O–H groups in total. The van der Waals surface area contributed by atoms with E-state index in [-0.39, 0.29) is 46.6 Å². The Labute approximate surface area is 68.9 Å². The third-order valence-corrected chi connectivity index (χ3v) is 0. The molecule has 0 spiro atoms. The summed E-state index contributed by atoms with van der Waals surface area (Å²) in [5.41, 5.74) is 0. The minimum absolute atomic E-state index is 0. The van der Waals surface area contributed by atoms with Crippen molar-refractivity contribution in [1.29, 1.82) is 0 Å². The van der Waals surface area contributed by atoms with Crippen molar-refractivity contribution in [2.45, 2.75) is 0 Å². The zero-order chi connectivity index (χ0) is 3.58. The predicted molar refractivity (Wildman–Crippen MR) is 19.6 cm³/mol. The topological polar surface area (TPSA) is 40.5 Å². The molecule has 0 aliphatic heterocycles. The molecular formula is H3FFeNaO2P. The third kappa shape index (κ3) is 41.3. The minimum atomic E-state index is -3.12. The van der Waals surface area contributed by atoms with Crippen molar-refractivity contribution < 1.29 is 31.1 Å². The maximum absolute atomic E-state index is 10.2. The molecule has 0 rings (SSSR count). The molecule has 0 amide bonds. The van der Waals surface area contributed by atoms with Crippen LogP contribution in [0.25, 0.3) is 0 Å². The molecule has 0 aliphatic carbocycles. The van der Waals surface area contributed by atoms with Crippen LogP contribution in [-0.2, 0) is 17.1 Å². The van der Waals surface area contributed by atoms with E-state index in [4.69, 9.17) is 9.79 Å². The van der Waals surface area contributed by atoms with Gasteiger partial charge < -0.3 is 9.79 Å². The monoisotopic (exact) mass is 164 g/mol. The van der Waals surface area contributed by atoms with Gasteiger partial charge in [-0.25, -0.2) is 0 Å². The van der Waals surface area contributed by atoms with E-state index in [2.05, 4.69) is 0 Å². The van der Waals surface area contributed by atoms with Crippen LogP contribution < -0.4 is 0 Å². The van der Waals surface area contributed by atoms with Crippen LogP contribution in [0.4, 0.5) is 4.20 Å². The molecule has 0 aromatic heterocycles. The molecule has 0 saturated heterocycles. The molecule has 6 heteroatoms. The Morgan fingerprint density at radius 2 is 1.33 bits per heavy atom. The Morgan fingerprint density at radius 1 is 1.33 bits per heavy atom. The Hall–Kier alpha value is 1.80. The molecule has 0 radical (unpaired) electrons. The van der Waals surface area contributed by atoms with Gasteiger partial charge in [-0.2, -0.15) is 4.20 Å². The SMILES string of the molecule is OP(O)F.[Fe].[NaH]. The standard InChI is InChI=1S/FH2O2P.Fe.Na.H/c1-4(2)3;;;/h2-3H;;;. The number of hydrogen-bond donors (Lipinski definition) is 2. The second kappa shape index (κ2) is 9.93. The van der Waals surface area contributed by atoms with Crippen molar-refractivity contribution in [3.63, 3.8) is 0 Å². The average Bonchev–Trinajstić information content (AvgIpc) is 0.811. The molecule has 0 aliphatic rings. The molecule has 2 nitrogen and oxygen atoms in total. The summed E-state index contributed by atoms with van der Waals surface area (Å²) in [7, 11) is -3.12. The van der Waals surface area contributed by atoms with E-state index in [9.17, 15) is 4.20 Å². The molecule has 0 atom stereocenters. The first-order chi connectivity index (χ1) is 1.73. The van der Waals surface area contributed by atoms with Gasteiger partial charge in [0.05, 0.1) is 0 Å². The molecule has 0 aromatic carbocycles. The molecule has 6 heavy (non-hydrogen) atoms. The van der Waals surface area contributed by atoms with Gasteiger partial charge in [0.15, 0.2) is 0 Å². The van der Waals surface area contributed by atoms with E-state index in [0.717, 1.165) is 0 Å². The maximum atomic E-state index is 10.2. The summed E-state index contributed by atoms with van der Waals surface area (Å²) in [6.07, 6.45) is 0. The van der Waals surface area contributed by atoms with Crippen LogP contribution in [-0.4, -0.2) is 39.3 Å². The number of rotatable bonds is 0. The molecular weight excluding hydrogens is 161 g/mol. The van der Waals surface area contributed by atoms with Gasteiger partial charge in [-0.15, -0.1) is 0 Å². The Balaban J connectivity index is -0.0000000450. The summed E-state index contributed by atoms with van der Waals surface area (Å²) in [5, 5.41) is 0. The summed E-state index contributed by atoms with van der Waals surface area (Å²) in [5.74, 6) is 0. The molecule has 0 unspecified atom stereocenters. The first-order valence-electron chi connectivity index (χ1n) is 0.569. The zero-order valence-corrected chi connectivity index (χ0v) is 4.07. The Bertz CT molecular complexity index is 18.3. The van der Waals surface area contributed by atoms with Crippen LogP contribution in [0, 0.1) is 0 Å². The molecule has 0 saturated carbocycles. The molecule has 36 valence electrons. The van der Waals surface area contributed by atoms with Crippen LogP contribution in [0.2, 0.25) is 0 Å². The summed E-state index contributed by atoms with van der Waals surface area (Å²) < 4.78 is 10.2. The quantitative estimate of drug-likeness (QED) is 0.374. The Kier molecular flexibility index (Phi) is 25.9. The summed E-state index contributed by atoms with van der Waals surface area (Å²) >= 11 is 0. The van der Waals surface area contributed by atoms with Crippen LogP contribution in [0.1, 0.15) is 0 Å². The summed E-state index contributed by atoms with van der Waals surface area (Å²) in [6, 6.07) is 0. The molecule has 0 aromatic rings. The van der Waals surface area contributed by atoms with Gasteiger partial charge >= 0.3 is 38.2 Å². The van der Waals surface area contributed by atoms with Gasteiger partial charge in [0.2, 0.25) is 0 Å². The Morgan fingerprint density at radius 3 is 1.33 bits per heavy atom. The second-order valence-electron chi connectivity index (χ2n) is 0.241. The van der Waals surface area contributed by atoms with E-state index in [1.807, 2.05) is 0 Å². The van der Waals surface area contributed by atoms with E-state index in [1.165, 1.54) is 0 Å². The number of hydrogen-bond acceptors (Lipinski definition) is 2. The predicted octanol–water partition coefficient (Wildman–Crippen LogP) is -0.484. The van der Waals surface area contributed by atoms with E-state index in [1.54, 1.807) is 0 Å². The van der Waals surface area contributed by atoms with Crippen molar-refractivity contribution >= 4 is 38.2 Å². The normalized spacial score (nSPS) is 6.00. The number of halogens is 1. The fraction of sp³-hybridized carbons (Fsp3) is 0. The second-order valence-corrected chi connectivity index (χ2v) is 0.722.